The van der Waals surface area contributed by atoms with E-state index in [2.05, 4.69) is 0 Å². The maximum atomic E-state index is 8.88. The Bertz CT molecular complexity index is 57.8. The Morgan fingerprint density at radius 2 is 1.14 bits per heavy atom. The van der Waals surface area contributed by atoms with Gasteiger partial charge in [0.15, 0.2) is 0 Å². The molecule has 0 bridgehead atoms. The van der Waals surface area contributed by atoms with Crippen LogP contribution in [0.1, 0.15) is 0 Å². The normalized spacial score (nSPS) is 8.43. The van der Waals surface area contributed by atoms with Crippen LogP contribution in [-0.2, 0) is 43.4 Å². The van der Waals surface area contributed by atoms with Gasteiger partial charge in [0, 0.05) is 38.8 Å². The van der Waals surface area contributed by atoms with Crippen molar-refractivity contribution in [2.24, 2.45) is 0 Å². The van der Waals surface area contributed by atoms with Crippen LogP contribution in [-0.4, -0.2) is 14.7 Å². The summed E-state index contributed by atoms with van der Waals surface area (Å²) in [5, 5.41) is 0. The maximum Gasteiger partial charge on any atom is 0.466 e. The van der Waals surface area contributed by atoms with E-state index in [1.54, 1.807) is 0 Å². The number of phosphoric acid groups is 1. The Morgan fingerprint density at radius 3 is 1.14 bits per heavy atom. The molecule has 0 rings (SSSR count). The Hall–Kier alpha value is 1.34. The van der Waals surface area contributed by atoms with Gasteiger partial charge in [0.25, 0.3) is 0 Å². The molecule has 0 heterocycles. The zero-order valence-electron chi connectivity index (χ0n) is 3.00. The van der Waals surface area contributed by atoms with E-state index >= 15 is 0 Å². The monoisotopic (exact) mass is 209 g/mol. The number of rotatable bonds is 0. The molecule has 0 fully saturated rings. The van der Waals surface area contributed by atoms with E-state index in [1.807, 2.05) is 0 Å². The minimum absolute atomic E-state index is 0. The van der Waals surface area contributed by atoms with Crippen molar-refractivity contribution in [3.05, 3.63) is 0 Å². The third kappa shape index (κ3) is 116. The third-order valence-corrected chi connectivity index (χ3v) is 0. The molecule has 0 aromatic heterocycles. The molecule has 4 nitrogen and oxygen atoms in total. The largest absolute Gasteiger partial charge is 0.466 e. The van der Waals surface area contributed by atoms with Gasteiger partial charge in [-0.25, -0.2) is 4.57 Å². The molecule has 0 aromatic rings. The van der Waals surface area contributed by atoms with Crippen LogP contribution in [0.15, 0.2) is 0 Å². The van der Waals surface area contributed by atoms with Gasteiger partial charge in [-0.1, -0.05) is 0 Å². The van der Waals surface area contributed by atoms with Crippen LogP contribution >= 0.6 is 7.82 Å². The zero-order chi connectivity index (χ0) is 4.50. The minimum Gasteiger partial charge on any atom is -0.303 e. The van der Waals surface area contributed by atoms with Gasteiger partial charge in [-0.3, -0.25) is 0 Å². The van der Waals surface area contributed by atoms with Gasteiger partial charge in [0.05, 0.1) is 0 Å². The van der Waals surface area contributed by atoms with Gasteiger partial charge >= 0.3 is 7.82 Å². The van der Waals surface area contributed by atoms with Crippen molar-refractivity contribution in [3.63, 3.8) is 0 Å². The Kier molecular flexibility index (Phi) is 12.3. The molecule has 3 N–H and O–H groups in total. The summed E-state index contributed by atoms with van der Waals surface area (Å²) in [4.78, 5) is 21.6. The van der Waals surface area contributed by atoms with Crippen LogP contribution in [0.5, 0.6) is 0 Å². The molecule has 0 aliphatic heterocycles. The second kappa shape index (κ2) is 5.48. The molecule has 47 valence electrons. The van der Waals surface area contributed by atoms with E-state index < -0.39 is 7.82 Å². The summed E-state index contributed by atoms with van der Waals surface area (Å²) in [5.41, 5.74) is 0. The van der Waals surface area contributed by atoms with Crippen molar-refractivity contribution in [2.75, 3.05) is 0 Å². The molecule has 0 aliphatic carbocycles. The standard InChI is InChI=1S/Cu.H3O4P.Ti/c;1-5(2,3)4;/h;(H3,1,2,3,4);. The van der Waals surface area contributed by atoms with Crippen molar-refractivity contribution >= 4 is 7.82 Å². The molecule has 0 aromatic carbocycles. The third-order valence-electron chi connectivity index (χ3n) is 0. The molecule has 0 spiro atoms. The molecule has 0 unspecified atom stereocenters. The van der Waals surface area contributed by atoms with E-state index in [-0.39, 0.29) is 38.8 Å². The van der Waals surface area contributed by atoms with Crippen molar-refractivity contribution < 1.29 is 58.0 Å². The topological polar surface area (TPSA) is 77.8 Å². The van der Waals surface area contributed by atoms with E-state index in [4.69, 9.17) is 19.2 Å². The average Bonchev–Trinajstić information content (AvgIpc) is 0.722. The van der Waals surface area contributed by atoms with Crippen LogP contribution in [0.25, 0.3) is 0 Å². The summed E-state index contributed by atoms with van der Waals surface area (Å²) in [5.74, 6) is 0. The van der Waals surface area contributed by atoms with E-state index in [0.29, 0.717) is 0 Å². The zero-order valence-corrected chi connectivity index (χ0v) is 6.40. The summed E-state index contributed by atoms with van der Waals surface area (Å²) in [6.45, 7) is 0. The van der Waals surface area contributed by atoms with Crippen LogP contribution in [0.4, 0.5) is 0 Å². The van der Waals surface area contributed by atoms with Gasteiger partial charge < -0.3 is 14.7 Å². The molecule has 7 heteroatoms. The smallest absolute Gasteiger partial charge is 0.303 e. The van der Waals surface area contributed by atoms with Gasteiger partial charge in [0.2, 0.25) is 0 Å². The fraction of sp³-hybridized carbons (Fsp3) is 0. The first-order chi connectivity index (χ1) is 2.00. The Morgan fingerprint density at radius 1 is 1.14 bits per heavy atom. The first-order valence-corrected chi connectivity index (χ1v) is 2.35. The molecular weight excluding hydrogens is 206 g/mol. The SMILES string of the molecule is O=P(O)(O)O.[Cu].[Ti]. The van der Waals surface area contributed by atoms with Gasteiger partial charge in [-0.15, -0.1) is 0 Å². The predicted octanol–water partition coefficient (Wildman–Crippen LogP) is -0.934. The Balaban J connectivity index is -0.0000000800. The van der Waals surface area contributed by atoms with E-state index in [1.165, 1.54) is 0 Å². The molecular formula is H3CuO4PTi. The van der Waals surface area contributed by atoms with Crippen LogP contribution in [0.2, 0.25) is 0 Å². The van der Waals surface area contributed by atoms with Crippen LogP contribution in [0.3, 0.4) is 0 Å². The minimum atomic E-state index is -4.64. The first-order valence-electron chi connectivity index (χ1n) is 0.783. The fourth-order valence-corrected chi connectivity index (χ4v) is 0. The summed E-state index contributed by atoms with van der Waals surface area (Å²) in [6.07, 6.45) is 0. The second-order valence-corrected chi connectivity index (χ2v) is 1.54. The van der Waals surface area contributed by atoms with Crippen molar-refractivity contribution in [3.8, 4) is 0 Å². The van der Waals surface area contributed by atoms with E-state index in [9.17, 15) is 0 Å². The van der Waals surface area contributed by atoms with Crippen LogP contribution < -0.4 is 0 Å². The van der Waals surface area contributed by atoms with Gasteiger partial charge in [-0.05, 0) is 0 Å². The summed E-state index contributed by atoms with van der Waals surface area (Å²) in [6, 6.07) is 0. The summed E-state index contributed by atoms with van der Waals surface area (Å²) < 4.78 is 8.88. The Labute approximate surface area is 65.9 Å². The molecule has 0 aliphatic rings. The second-order valence-electron chi connectivity index (χ2n) is 0.513. The quantitative estimate of drug-likeness (QED) is 0.356. The predicted molar refractivity (Wildman–Crippen MR) is 14.3 cm³/mol. The van der Waals surface area contributed by atoms with Crippen molar-refractivity contribution in [1.82, 2.24) is 0 Å². The van der Waals surface area contributed by atoms with Crippen molar-refractivity contribution in [2.45, 2.75) is 0 Å². The molecule has 1 radical (unpaired) electrons. The maximum absolute atomic E-state index is 8.88. The summed E-state index contributed by atoms with van der Waals surface area (Å²) in [7, 11) is -4.64. The number of hydrogen-bond donors (Lipinski definition) is 3. The van der Waals surface area contributed by atoms with Gasteiger partial charge in [0.1, 0.15) is 0 Å². The molecule has 0 saturated carbocycles. The molecule has 0 amide bonds. The van der Waals surface area contributed by atoms with E-state index in [0.717, 1.165) is 0 Å². The van der Waals surface area contributed by atoms with Gasteiger partial charge in [-0.2, -0.15) is 0 Å². The average molecular weight is 209 g/mol. The number of hydrogen-bond acceptors (Lipinski definition) is 1. The van der Waals surface area contributed by atoms with Crippen molar-refractivity contribution in [1.29, 1.82) is 0 Å². The molecule has 0 saturated heterocycles. The van der Waals surface area contributed by atoms with Crippen LogP contribution in [0, 0.1) is 0 Å². The first kappa shape index (κ1) is 15.8. The molecule has 7 heavy (non-hydrogen) atoms. The molecule has 0 atom stereocenters. The summed E-state index contributed by atoms with van der Waals surface area (Å²) >= 11 is 0. The fourth-order valence-electron chi connectivity index (χ4n) is 0.